The van der Waals surface area contributed by atoms with Crippen LogP contribution in [0.1, 0.15) is 19.3 Å². The predicted octanol–water partition coefficient (Wildman–Crippen LogP) is 3.02. The summed E-state index contributed by atoms with van der Waals surface area (Å²) in [6.45, 7) is 2.79. The number of hydrogen-bond acceptors (Lipinski definition) is 5. The maximum absolute atomic E-state index is 9.83. The molecule has 0 unspecified atom stereocenters. The van der Waals surface area contributed by atoms with Gasteiger partial charge in [-0.25, -0.2) is 4.68 Å². The van der Waals surface area contributed by atoms with Crippen molar-refractivity contribution in [3.63, 3.8) is 0 Å². The number of aromatic hydroxyl groups is 1. The number of likely N-dealkylation sites (tertiary alicyclic amines) is 1. The van der Waals surface area contributed by atoms with Gasteiger partial charge in [-0.05, 0) is 50.3 Å². The predicted molar refractivity (Wildman–Crippen MR) is 77.9 cm³/mol. The van der Waals surface area contributed by atoms with Crippen LogP contribution in [0.4, 0.5) is 0 Å². The Morgan fingerprint density at radius 3 is 2.70 bits per heavy atom. The Hall–Kier alpha value is -1.66. The number of para-hydroxylation sites is 1. The van der Waals surface area contributed by atoms with E-state index in [9.17, 15) is 5.11 Å². The first-order valence-corrected chi connectivity index (χ1v) is 7.23. The molecule has 106 valence electrons. The van der Waals surface area contributed by atoms with Gasteiger partial charge >= 0.3 is 0 Å². The number of aromatic nitrogens is 2. The molecular formula is C14H17N3O2S. The Balaban J connectivity index is 1.84. The first kappa shape index (κ1) is 13.3. The van der Waals surface area contributed by atoms with Gasteiger partial charge in [0.15, 0.2) is 0 Å². The lowest BCUT2D eigenvalue weighted by Gasteiger charge is -2.25. The summed E-state index contributed by atoms with van der Waals surface area (Å²) in [5.74, 6) is 0.513. The van der Waals surface area contributed by atoms with Crippen LogP contribution in [-0.4, -0.2) is 32.9 Å². The molecular weight excluding hydrogens is 274 g/mol. The van der Waals surface area contributed by atoms with Gasteiger partial charge in [0, 0.05) is 0 Å². The van der Waals surface area contributed by atoms with E-state index in [0.717, 1.165) is 13.1 Å². The van der Waals surface area contributed by atoms with E-state index in [0.29, 0.717) is 23.0 Å². The smallest absolute Gasteiger partial charge is 0.288 e. The number of hydrogen-bond donors (Lipinski definition) is 1. The highest BCUT2D eigenvalue weighted by atomic mass is 32.1. The average molecular weight is 291 g/mol. The lowest BCUT2D eigenvalue weighted by molar-refractivity contribution is 0.170. The summed E-state index contributed by atoms with van der Waals surface area (Å²) in [6.07, 6.45) is 3.73. The van der Waals surface area contributed by atoms with Crippen LogP contribution in [0.15, 0.2) is 28.7 Å². The van der Waals surface area contributed by atoms with E-state index in [-0.39, 0.29) is 5.75 Å². The molecule has 20 heavy (non-hydrogen) atoms. The second-order valence-electron chi connectivity index (χ2n) is 5.01. The lowest BCUT2D eigenvalue weighted by atomic mass is 10.1. The number of phenols is 1. The van der Waals surface area contributed by atoms with Gasteiger partial charge in [0.05, 0.1) is 12.2 Å². The highest BCUT2D eigenvalue weighted by Gasteiger charge is 2.15. The molecule has 0 aliphatic carbocycles. The summed E-state index contributed by atoms with van der Waals surface area (Å²) in [7, 11) is 0. The molecule has 0 spiro atoms. The SMILES string of the molecule is Oc1ccccc1-c1nn(CN2CCCCC2)c(=S)o1. The van der Waals surface area contributed by atoms with Crippen molar-refractivity contribution < 1.29 is 9.52 Å². The maximum Gasteiger partial charge on any atom is 0.288 e. The van der Waals surface area contributed by atoms with Crippen LogP contribution in [0, 0.1) is 4.84 Å². The minimum atomic E-state index is 0.147. The van der Waals surface area contributed by atoms with E-state index in [1.807, 2.05) is 6.07 Å². The third-order valence-corrected chi connectivity index (χ3v) is 3.82. The Kier molecular flexibility index (Phi) is 3.84. The van der Waals surface area contributed by atoms with Gasteiger partial charge in [-0.3, -0.25) is 4.90 Å². The molecule has 0 radical (unpaired) electrons. The van der Waals surface area contributed by atoms with Crippen LogP contribution < -0.4 is 0 Å². The minimum absolute atomic E-state index is 0.147. The second-order valence-corrected chi connectivity index (χ2v) is 5.36. The molecule has 2 heterocycles. The van der Waals surface area contributed by atoms with E-state index < -0.39 is 0 Å². The summed E-state index contributed by atoms with van der Waals surface area (Å²) in [4.78, 5) is 2.66. The molecule has 1 saturated heterocycles. The third kappa shape index (κ3) is 2.76. The van der Waals surface area contributed by atoms with Crippen LogP contribution in [0.2, 0.25) is 0 Å². The molecule has 0 saturated carbocycles. The van der Waals surface area contributed by atoms with Crippen molar-refractivity contribution >= 4 is 12.2 Å². The van der Waals surface area contributed by atoms with Gasteiger partial charge in [-0.15, -0.1) is 5.10 Å². The van der Waals surface area contributed by atoms with E-state index in [1.165, 1.54) is 19.3 Å². The van der Waals surface area contributed by atoms with Crippen molar-refractivity contribution in [1.82, 2.24) is 14.7 Å². The van der Waals surface area contributed by atoms with Gasteiger partial charge in [0.2, 0.25) is 0 Å². The van der Waals surface area contributed by atoms with E-state index in [4.69, 9.17) is 16.6 Å². The molecule has 6 heteroatoms. The zero-order valence-corrected chi connectivity index (χ0v) is 12.0. The first-order chi connectivity index (χ1) is 9.74. The molecule has 1 aromatic carbocycles. The highest BCUT2D eigenvalue weighted by molar-refractivity contribution is 7.71. The Morgan fingerprint density at radius 2 is 1.95 bits per heavy atom. The van der Waals surface area contributed by atoms with Gasteiger partial charge < -0.3 is 9.52 Å². The van der Waals surface area contributed by atoms with Crippen LogP contribution in [0.25, 0.3) is 11.5 Å². The number of nitrogens with zero attached hydrogens (tertiary/aromatic N) is 3. The average Bonchev–Trinajstić information content (AvgIpc) is 2.81. The molecule has 1 aliphatic heterocycles. The van der Waals surface area contributed by atoms with Gasteiger partial charge in [0.1, 0.15) is 5.75 Å². The van der Waals surface area contributed by atoms with Crippen molar-refractivity contribution in [3.8, 4) is 17.2 Å². The molecule has 1 N–H and O–H groups in total. The topological polar surface area (TPSA) is 54.4 Å². The first-order valence-electron chi connectivity index (χ1n) is 6.83. The Morgan fingerprint density at radius 1 is 1.20 bits per heavy atom. The summed E-state index contributed by atoms with van der Waals surface area (Å²) < 4.78 is 7.19. The monoisotopic (exact) mass is 291 g/mol. The normalized spacial score (nSPS) is 16.4. The lowest BCUT2D eigenvalue weighted by Crippen LogP contribution is -2.32. The standard InChI is InChI=1S/C14H17N3O2S/c18-12-7-3-2-6-11(12)13-15-17(14(20)19-13)10-16-8-4-1-5-9-16/h2-3,6-7,18H,1,4-5,8-10H2. The molecule has 0 amide bonds. The number of rotatable bonds is 3. The van der Waals surface area contributed by atoms with Gasteiger partial charge in [-0.1, -0.05) is 18.6 Å². The number of benzene rings is 1. The quantitative estimate of drug-likeness (QED) is 0.881. The summed E-state index contributed by atoms with van der Waals surface area (Å²) in [5, 5.41) is 14.2. The molecule has 1 fully saturated rings. The van der Waals surface area contributed by atoms with E-state index in [1.54, 1.807) is 22.9 Å². The zero-order chi connectivity index (χ0) is 13.9. The molecule has 0 atom stereocenters. The maximum atomic E-state index is 9.83. The number of piperidine rings is 1. The molecule has 1 aliphatic rings. The third-order valence-electron chi connectivity index (χ3n) is 3.52. The van der Waals surface area contributed by atoms with Crippen LogP contribution in [0.5, 0.6) is 5.75 Å². The molecule has 5 nitrogen and oxygen atoms in total. The van der Waals surface area contributed by atoms with Crippen molar-refractivity contribution in [2.24, 2.45) is 0 Å². The van der Waals surface area contributed by atoms with Crippen molar-refractivity contribution in [2.75, 3.05) is 13.1 Å². The molecule has 2 aromatic rings. The zero-order valence-electron chi connectivity index (χ0n) is 11.2. The highest BCUT2D eigenvalue weighted by Crippen LogP contribution is 2.27. The Bertz CT molecular complexity index is 644. The van der Waals surface area contributed by atoms with E-state index in [2.05, 4.69) is 10.00 Å². The van der Waals surface area contributed by atoms with Crippen LogP contribution in [0.3, 0.4) is 0 Å². The van der Waals surface area contributed by atoms with Crippen LogP contribution >= 0.6 is 12.2 Å². The fourth-order valence-electron chi connectivity index (χ4n) is 2.45. The second kappa shape index (κ2) is 5.76. The summed E-state index contributed by atoms with van der Waals surface area (Å²) in [6, 6.07) is 6.97. The number of phenolic OH excluding ortho intramolecular Hbond substituents is 1. The van der Waals surface area contributed by atoms with E-state index >= 15 is 0 Å². The minimum Gasteiger partial charge on any atom is -0.507 e. The molecule has 0 bridgehead atoms. The van der Waals surface area contributed by atoms with Crippen molar-refractivity contribution in [1.29, 1.82) is 0 Å². The Labute approximate surface area is 122 Å². The largest absolute Gasteiger partial charge is 0.507 e. The van der Waals surface area contributed by atoms with Crippen molar-refractivity contribution in [2.45, 2.75) is 25.9 Å². The molecule has 3 rings (SSSR count). The van der Waals surface area contributed by atoms with Gasteiger partial charge in [0.25, 0.3) is 10.7 Å². The fraction of sp³-hybridized carbons (Fsp3) is 0.429. The van der Waals surface area contributed by atoms with Crippen LogP contribution in [-0.2, 0) is 6.67 Å². The summed E-state index contributed by atoms with van der Waals surface area (Å²) >= 11 is 5.21. The summed E-state index contributed by atoms with van der Waals surface area (Å²) in [5.41, 5.74) is 0.566. The fourth-order valence-corrected chi connectivity index (χ4v) is 2.63. The van der Waals surface area contributed by atoms with Gasteiger partial charge in [-0.2, -0.15) is 0 Å². The molecule has 1 aromatic heterocycles. The van der Waals surface area contributed by atoms with Crippen molar-refractivity contribution in [3.05, 3.63) is 29.1 Å².